The highest BCUT2D eigenvalue weighted by Crippen LogP contribution is 2.27. The van der Waals surface area contributed by atoms with Crippen molar-refractivity contribution in [1.29, 1.82) is 0 Å². The molecule has 1 aliphatic heterocycles. The topological polar surface area (TPSA) is 40.6 Å². The van der Waals surface area contributed by atoms with Crippen LogP contribution >= 0.6 is 0 Å². The lowest BCUT2D eigenvalue weighted by Gasteiger charge is -2.41. The molecule has 4 nitrogen and oxygen atoms in total. The number of piperazine rings is 1. The van der Waals surface area contributed by atoms with Gasteiger partial charge in [0.2, 0.25) is 11.8 Å². The normalized spacial score (nSPS) is 19.5. The Balaban J connectivity index is 2.25. The van der Waals surface area contributed by atoms with Crippen LogP contribution in [0.15, 0.2) is 18.2 Å². The highest BCUT2D eigenvalue weighted by atomic mass is 19.1. The summed E-state index contributed by atoms with van der Waals surface area (Å²) < 4.78 is 26.9. The first kappa shape index (κ1) is 16.4. The van der Waals surface area contributed by atoms with Crippen molar-refractivity contribution in [2.75, 3.05) is 18.0 Å². The summed E-state index contributed by atoms with van der Waals surface area (Å²) in [5.41, 5.74) is -0.543. The molecule has 0 saturated carbocycles. The molecule has 1 heterocycles. The van der Waals surface area contributed by atoms with Crippen LogP contribution in [0.3, 0.4) is 0 Å². The second-order valence-electron chi connectivity index (χ2n) is 6.51. The molecule has 120 valence electrons. The highest BCUT2D eigenvalue weighted by molar-refractivity contribution is 6.00. The third-order valence-electron chi connectivity index (χ3n) is 3.76. The van der Waals surface area contributed by atoms with Crippen LogP contribution in [0, 0.1) is 17.0 Å². The molecule has 2 rings (SSSR count). The van der Waals surface area contributed by atoms with E-state index in [4.69, 9.17) is 0 Å². The molecule has 0 aromatic heterocycles. The summed E-state index contributed by atoms with van der Waals surface area (Å²) in [4.78, 5) is 27.6. The summed E-state index contributed by atoms with van der Waals surface area (Å²) in [5.74, 6) is -1.96. The zero-order chi connectivity index (χ0) is 16.7. The fraction of sp³-hybridized carbons (Fsp3) is 0.500. The Kier molecular flexibility index (Phi) is 4.22. The molecule has 1 saturated heterocycles. The molecule has 1 aliphatic rings. The van der Waals surface area contributed by atoms with E-state index in [2.05, 4.69) is 0 Å². The van der Waals surface area contributed by atoms with Gasteiger partial charge in [-0.25, -0.2) is 8.78 Å². The predicted octanol–water partition coefficient (Wildman–Crippen LogP) is 2.57. The van der Waals surface area contributed by atoms with Gasteiger partial charge in [0.1, 0.15) is 17.7 Å². The third-order valence-corrected chi connectivity index (χ3v) is 3.76. The summed E-state index contributed by atoms with van der Waals surface area (Å²) in [6, 6.07) is 2.43. The number of hydrogen-bond donors (Lipinski definition) is 0. The molecule has 0 unspecified atom stereocenters. The second-order valence-corrected chi connectivity index (χ2v) is 6.51. The SMILES string of the molecule is C[C@@H]1C(=O)N(c2ccc(F)cc2F)CCN1C(=O)C(C)(C)C. The van der Waals surface area contributed by atoms with Gasteiger partial charge in [0.05, 0.1) is 5.69 Å². The van der Waals surface area contributed by atoms with Crippen molar-refractivity contribution in [2.24, 2.45) is 5.41 Å². The van der Waals surface area contributed by atoms with Gasteiger partial charge in [-0.15, -0.1) is 0 Å². The Morgan fingerprint density at radius 3 is 2.41 bits per heavy atom. The standard InChI is InChI=1S/C16H20F2N2O2/c1-10-14(21)20(13-6-5-11(17)9-12(13)18)8-7-19(10)15(22)16(2,3)4/h5-6,9-10H,7-8H2,1-4H3/t10-/m1/s1. The summed E-state index contributed by atoms with van der Waals surface area (Å²) in [6.07, 6.45) is 0. The number of rotatable bonds is 1. The van der Waals surface area contributed by atoms with Crippen molar-refractivity contribution in [3.63, 3.8) is 0 Å². The highest BCUT2D eigenvalue weighted by Gasteiger charge is 2.39. The van der Waals surface area contributed by atoms with E-state index in [-0.39, 0.29) is 24.0 Å². The number of hydrogen-bond acceptors (Lipinski definition) is 2. The van der Waals surface area contributed by atoms with Crippen LogP contribution < -0.4 is 4.90 Å². The van der Waals surface area contributed by atoms with Crippen molar-refractivity contribution in [2.45, 2.75) is 33.7 Å². The average molecular weight is 310 g/mol. The van der Waals surface area contributed by atoms with Crippen LogP contribution in [-0.2, 0) is 9.59 Å². The lowest BCUT2D eigenvalue weighted by Crippen LogP contribution is -2.59. The van der Waals surface area contributed by atoms with Gasteiger partial charge in [0, 0.05) is 24.6 Å². The molecule has 1 aromatic rings. The van der Waals surface area contributed by atoms with Gasteiger partial charge < -0.3 is 9.80 Å². The van der Waals surface area contributed by atoms with Crippen LogP contribution in [0.5, 0.6) is 0 Å². The number of halogens is 2. The fourth-order valence-corrected chi connectivity index (χ4v) is 2.52. The molecule has 0 N–H and O–H groups in total. The molecule has 0 spiro atoms. The molecule has 22 heavy (non-hydrogen) atoms. The van der Waals surface area contributed by atoms with E-state index in [1.54, 1.807) is 27.7 Å². The maximum atomic E-state index is 13.9. The summed E-state index contributed by atoms with van der Waals surface area (Å²) in [5, 5.41) is 0. The van der Waals surface area contributed by atoms with E-state index in [9.17, 15) is 18.4 Å². The minimum atomic E-state index is -0.781. The number of anilines is 1. The molecule has 1 aromatic carbocycles. The number of carbonyl (C=O) groups is 2. The first-order chi connectivity index (χ1) is 10.1. The van der Waals surface area contributed by atoms with Crippen LogP contribution in [0.25, 0.3) is 0 Å². The lowest BCUT2D eigenvalue weighted by molar-refractivity contribution is -0.147. The summed E-state index contributed by atoms with van der Waals surface area (Å²) in [7, 11) is 0. The minimum Gasteiger partial charge on any atom is -0.329 e. The molecule has 0 radical (unpaired) electrons. The first-order valence-corrected chi connectivity index (χ1v) is 7.20. The number of benzene rings is 1. The largest absolute Gasteiger partial charge is 0.329 e. The summed E-state index contributed by atoms with van der Waals surface area (Å²) >= 11 is 0. The van der Waals surface area contributed by atoms with E-state index < -0.39 is 23.1 Å². The van der Waals surface area contributed by atoms with E-state index in [0.717, 1.165) is 12.1 Å². The van der Waals surface area contributed by atoms with E-state index >= 15 is 0 Å². The molecule has 1 atom stereocenters. The molecular weight excluding hydrogens is 290 g/mol. The van der Waals surface area contributed by atoms with Crippen LogP contribution in [-0.4, -0.2) is 35.8 Å². The molecule has 1 fully saturated rings. The van der Waals surface area contributed by atoms with E-state index in [1.807, 2.05) is 0 Å². The quantitative estimate of drug-likeness (QED) is 0.800. The van der Waals surface area contributed by atoms with E-state index in [1.165, 1.54) is 15.9 Å². The smallest absolute Gasteiger partial charge is 0.249 e. The zero-order valence-electron chi connectivity index (χ0n) is 13.2. The lowest BCUT2D eigenvalue weighted by atomic mass is 9.93. The summed E-state index contributed by atoms with van der Waals surface area (Å²) in [6.45, 7) is 7.50. The molecule has 6 heteroatoms. The average Bonchev–Trinajstić information content (AvgIpc) is 2.41. The fourth-order valence-electron chi connectivity index (χ4n) is 2.52. The Bertz CT molecular complexity index is 611. The minimum absolute atomic E-state index is 0.0427. The Morgan fingerprint density at radius 2 is 1.86 bits per heavy atom. The van der Waals surface area contributed by atoms with E-state index in [0.29, 0.717) is 6.54 Å². The number of nitrogens with zero attached hydrogens (tertiary/aromatic N) is 2. The van der Waals surface area contributed by atoms with Crippen LogP contribution in [0.1, 0.15) is 27.7 Å². The monoisotopic (exact) mass is 310 g/mol. The van der Waals surface area contributed by atoms with Gasteiger partial charge >= 0.3 is 0 Å². The number of amides is 2. The number of carbonyl (C=O) groups excluding carboxylic acids is 2. The van der Waals surface area contributed by atoms with Gasteiger partial charge in [-0.3, -0.25) is 9.59 Å². The van der Waals surface area contributed by atoms with Crippen molar-refractivity contribution < 1.29 is 18.4 Å². The van der Waals surface area contributed by atoms with Gasteiger partial charge in [-0.1, -0.05) is 20.8 Å². The van der Waals surface area contributed by atoms with Crippen molar-refractivity contribution in [1.82, 2.24) is 4.90 Å². The van der Waals surface area contributed by atoms with Gasteiger partial charge in [-0.2, -0.15) is 0 Å². The first-order valence-electron chi connectivity index (χ1n) is 7.20. The molecule has 2 amide bonds. The second kappa shape index (κ2) is 5.66. The van der Waals surface area contributed by atoms with Gasteiger partial charge in [0.15, 0.2) is 0 Å². The third kappa shape index (κ3) is 2.96. The van der Waals surface area contributed by atoms with Crippen LogP contribution in [0.4, 0.5) is 14.5 Å². The zero-order valence-corrected chi connectivity index (χ0v) is 13.2. The molecule has 0 bridgehead atoms. The maximum Gasteiger partial charge on any atom is 0.249 e. The van der Waals surface area contributed by atoms with Crippen LogP contribution in [0.2, 0.25) is 0 Å². The predicted molar refractivity (Wildman–Crippen MR) is 79.3 cm³/mol. The Labute approximate surface area is 128 Å². The van der Waals surface area contributed by atoms with Gasteiger partial charge in [-0.05, 0) is 19.1 Å². The van der Waals surface area contributed by atoms with Crippen molar-refractivity contribution in [3.05, 3.63) is 29.8 Å². The molecular formula is C16H20F2N2O2. The van der Waals surface area contributed by atoms with Crippen molar-refractivity contribution >= 4 is 17.5 Å². The molecule has 0 aliphatic carbocycles. The Hall–Kier alpha value is -1.98. The van der Waals surface area contributed by atoms with Gasteiger partial charge in [0.25, 0.3) is 0 Å². The maximum absolute atomic E-state index is 13.9. The Morgan fingerprint density at radius 1 is 1.23 bits per heavy atom. The van der Waals surface area contributed by atoms with Crippen molar-refractivity contribution in [3.8, 4) is 0 Å².